The molecule has 4 rings (SSSR count). The molecule has 2 aliphatic rings. The van der Waals surface area contributed by atoms with Gasteiger partial charge in [0.2, 0.25) is 5.28 Å². The summed E-state index contributed by atoms with van der Waals surface area (Å²) in [6, 6.07) is 0.257. The Morgan fingerprint density at radius 1 is 1.26 bits per heavy atom. The van der Waals surface area contributed by atoms with Crippen molar-refractivity contribution in [3.05, 3.63) is 11.5 Å². The second-order valence-corrected chi connectivity index (χ2v) is 10.6. The van der Waals surface area contributed by atoms with Crippen molar-refractivity contribution in [1.29, 1.82) is 0 Å². The highest BCUT2D eigenvalue weighted by atomic mass is 35.5. The predicted octanol–water partition coefficient (Wildman–Crippen LogP) is -0.0173. The summed E-state index contributed by atoms with van der Waals surface area (Å²) in [5.74, 6) is -1.12. The number of rotatable bonds is 11. The number of nitrogens with zero attached hydrogens (tertiary/aromatic N) is 4. The summed E-state index contributed by atoms with van der Waals surface area (Å²) in [5.41, 5.74) is 0.286. The Balaban J connectivity index is 1.49. The van der Waals surface area contributed by atoms with Gasteiger partial charge < -0.3 is 44.6 Å². The topological polar surface area (TPSA) is 202 Å². The third-order valence-electron chi connectivity index (χ3n) is 6.02. The zero-order valence-electron chi connectivity index (χ0n) is 18.7. The molecule has 0 spiro atoms. The summed E-state index contributed by atoms with van der Waals surface area (Å²) < 4.78 is 29.0. The van der Waals surface area contributed by atoms with Crippen LogP contribution < -0.4 is 5.32 Å². The third-order valence-corrected chi connectivity index (χ3v) is 7.24. The highest BCUT2D eigenvalue weighted by Gasteiger charge is 2.46. The van der Waals surface area contributed by atoms with Gasteiger partial charge in [-0.25, -0.2) is 4.68 Å². The van der Waals surface area contributed by atoms with Crippen LogP contribution in [-0.2, 0) is 18.8 Å². The van der Waals surface area contributed by atoms with E-state index in [0.717, 1.165) is 25.7 Å². The molecule has 2 aromatic rings. The van der Waals surface area contributed by atoms with Gasteiger partial charge in [-0.1, -0.05) is 12.8 Å². The SMILES string of the molecule is O=P(O)(O)[C@H](COCCO)OC[C@H]1O[C@@H](n2ncc3c(NC4CCCC4)nc(Cl)nc32)[C@H](O)[C@@H]1O. The molecule has 2 fully saturated rings. The van der Waals surface area contributed by atoms with Crippen LogP contribution in [0.25, 0.3) is 11.0 Å². The Bertz CT molecular complexity index is 1050. The molecule has 0 aromatic carbocycles. The van der Waals surface area contributed by atoms with Crippen molar-refractivity contribution in [2.24, 2.45) is 0 Å². The fourth-order valence-electron chi connectivity index (χ4n) is 4.22. The van der Waals surface area contributed by atoms with Crippen LogP contribution in [0.2, 0.25) is 5.28 Å². The molecule has 16 heteroatoms. The fourth-order valence-corrected chi connectivity index (χ4v) is 4.97. The average Bonchev–Trinajstić information content (AvgIpc) is 3.51. The molecule has 1 aliphatic heterocycles. The number of aliphatic hydroxyl groups is 3. The molecule has 1 aliphatic carbocycles. The van der Waals surface area contributed by atoms with Gasteiger partial charge in [0.05, 0.1) is 38.0 Å². The van der Waals surface area contributed by atoms with Crippen molar-refractivity contribution >= 4 is 36.0 Å². The average molecular weight is 538 g/mol. The van der Waals surface area contributed by atoms with E-state index in [0.29, 0.717) is 11.2 Å². The van der Waals surface area contributed by atoms with E-state index < -0.39 is 51.2 Å². The summed E-state index contributed by atoms with van der Waals surface area (Å²) >= 11 is 6.14. The lowest BCUT2D eigenvalue weighted by molar-refractivity contribution is -0.0855. The van der Waals surface area contributed by atoms with Gasteiger partial charge in [-0.15, -0.1) is 0 Å². The number of fused-ring (bicyclic) bond motifs is 1. The quantitative estimate of drug-likeness (QED) is 0.127. The molecule has 5 atom stereocenters. The van der Waals surface area contributed by atoms with Gasteiger partial charge >= 0.3 is 7.60 Å². The van der Waals surface area contributed by atoms with E-state index in [1.807, 2.05) is 0 Å². The maximum absolute atomic E-state index is 11.7. The molecule has 1 saturated heterocycles. The van der Waals surface area contributed by atoms with Crippen molar-refractivity contribution < 1.29 is 43.9 Å². The molecule has 2 aromatic heterocycles. The van der Waals surface area contributed by atoms with Crippen molar-refractivity contribution in [3.8, 4) is 0 Å². The van der Waals surface area contributed by atoms with Crippen LogP contribution in [0.3, 0.4) is 0 Å². The normalized spacial score (nSPS) is 26.6. The summed E-state index contributed by atoms with van der Waals surface area (Å²) in [7, 11) is -4.71. The molecular formula is C19H29ClN5O9P. The van der Waals surface area contributed by atoms with Crippen molar-refractivity contribution in [1.82, 2.24) is 19.7 Å². The van der Waals surface area contributed by atoms with Gasteiger partial charge in [0.1, 0.15) is 24.1 Å². The Labute approximate surface area is 205 Å². The van der Waals surface area contributed by atoms with Crippen LogP contribution in [0, 0.1) is 0 Å². The Morgan fingerprint density at radius 2 is 2.00 bits per heavy atom. The first kappa shape index (κ1) is 26.6. The molecule has 14 nitrogen and oxygen atoms in total. The number of anilines is 1. The minimum atomic E-state index is -4.71. The molecule has 0 bridgehead atoms. The smallest absolute Gasteiger partial charge is 0.356 e. The van der Waals surface area contributed by atoms with Crippen LogP contribution in [-0.4, -0.2) is 101 Å². The van der Waals surface area contributed by atoms with E-state index in [9.17, 15) is 24.6 Å². The highest BCUT2D eigenvalue weighted by molar-refractivity contribution is 7.52. The van der Waals surface area contributed by atoms with Gasteiger partial charge in [0, 0.05) is 6.04 Å². The number of ether oxygens (including phenoxy) is 3. The molecule has 0 unspecified atom stereocenters. The molecule has 6 N–H and O–H groups in total. The summed E-state index contributed by atoms with van der Waals surface area (Å²) in [5, 5.41) is 38.1. The van der Waals surface area contributed by atoms with E-state index in [2.05, 4.69) is 20.4 Å². The Morgan fingerprint density at radius 3 is 2.69 bits per heavy atom. The summed E-state index contributed by atoms with van der Waals surface area (Å²) in [6.45, 7) is -1.38. The first-order valence-electron chi connectivity index (χ1n) is 11.2. The first-order valence-corrected chi connectivity index (χ1v) is 13.3. The number of hydrogen-bond acceptors (Lipinski definition) is 11. The lowest BCUT2D eigenvalue weighted by Crippen LogP contribution is -2.35. The molecule has 0 amide bonds. The van der Waals surface area contributed by atoms with Crippen molar-refractivity contribution in [3.63, 3.8) is 0 Å². The highest BCUT2D eigenvalue weighted by Crippen LogP contribution is 2.42. The van der Waals surface area contributed by atoms with E-state index >= 15 is 0 Å². The van der Waals surface area contributed by atoms with E-state index in [1.54, 1.807) is 0 Å². The van der Waals surface area contributed by atoms with Crippen molar-refractivity contribution in [2.45, 2.75) is 62.1 Å². The van der Waals surface area contributed by atoms with Gasteiger partial charge in [-0.2, -0.15) is 15.1 Å². The van der Waals surface area contributed by atoms with Gasteiger partial charge in [-0.05, 0) is 24.4 Å². The monoisotopic (exact) mass is 537 g/mol. The van der Waals surface area contributed by atoms with Crippen LogP contribution in [0.5, 0.6) is 0 Å². The Hall–Kier alpha value is -1.45. The number of aromatic nitrogens is 4. The molecule has 35 heavy (non-hydrogen) atoms. The number of halogens is 1. The first-order chi connectivity index (χ1) is 16.7. The van der Waals surface area contributed by atoms with E-state index in [-0.39, 0.29) is 30.2 Å². The lowest BCUT2D eigenvalue weighted by Gasteiger charge is -2.22. The van der Waals surface area contributed by atoms with Crippen LogP contribution >= 0.6 is 19.2 Å². The lowest BCUT2D eigenvalue weighted by atomic mass is 10.1. The maximum atomic E-state index is 11.7. The van der Waals surface area contributed by atoms with E-state index in [4.69, 9.17) is 30.9 Å². The number of hydrogen-bond donors (Lipinski definition) is 6. The van der Waals surface area contributed by atoms with Gasteiger partial charge in [0.25, 0.3) is 0 Å². The molecular weight excluding hydrogens is 509 g/mol. The van der Waals surface area contributed by atoms with Crippen LogP contribution in [0.1, 0.15) is 31.9 Å². The van der Waals surface area contributed by atoms with Crippen LogP contribution in [0.4, 0.5) is 5.82 Å². The molecule has 3 heterocycles. The second kappa shape index (κ2) is 11.3. The minimum absolute atomic E-state index is 0.0277. The Kier molecular flexibility index (Phi) is 8.59. The zero-order valence-corrected chi connectivity index (χ0v) is 20.3. The zero-order chi connectivity index (χ0) is 25.2. The van der Waals surface area contributed by atoms with Gasteiger partial charge in [0.15, 0.2) is 17.7 Å². The standard InChI is InChI=1S/C19H29ClN5O9P/c20-19-23-16(22-10-3-1-2-4-10)11-7-21-25(17(11)24-19)18-15(28)14(27)12(34-18)8-33-13(35(29,30)31)9-32-6-5-26/h7,10,12-15,18,26-28H,1-6,8-9H2,(H,22,23,24)(H2,29,30,31)/t12-,13-,14-,15-,18-/m1/s1. The summed E-state index contributed by atoms with van der Waals surface area (Å²) in [4.78, 5) is 27.5. The minimum Gasteiger partial charge on any atom is -0.394 e. The second-order valence-electron chi connectivity index (χ2n) is 8.52. The van der Waals surface area contributed by atoms with E-state index in [1.165, 1.54) is 10.9 Å². The van der Waals surface area contributed by atoms with Crippen LogP contribution in [0.15, 0.2) is 6.20 Å². The molecule has 0 radical (unpaired) electrons. The maximum Gasteiger partial charge on any atom is 0.356 e. The predicted molar refractivity (Wildman–Crippen MR) is 122 cm³/mol. The number of aliphatic hydroxyl groups excluding tert-OH is 3. The van der Waals surface area contributed by atoms with Crippen molar-refractivity contribution in [2.75, 3.05) is 31.7 Å². The van der Waals surface area contributed by atoms with Gasteiger partial charge in [-0.3, -0.25) is 4.57 Å². The summed E-state index contributed by atoms with van der Waals surface area (Å²) in [6.07, 6.45) is 0.603. The molecule has 1 saturated carbocycles. The largest absolute Gasteiger partial charge is 0.394 e. The fraction of sp³-hybridized carbons (Fsp3) is 0.737. The number of nitrogens with one attached hydrogen (secondary N) is 1. The third kappa shape index (κ3) is 6.10. The molecule has 196 valence electrons.